The smallest absolute Gasteiger partial charge is 0.325 e. The third-order valence-electron chi connectivity index (χ3n) is 2.72. The Balaban J connectivity index is 2.30. The molecule has 0 bridgehead atoms. The standard InChI is InChI=1S/C11H13N5O3/c1-7-8(4-12-11-13-6-14-16(7)11)10(18)15(2)5-9(17)19-3/h4,6H,5H2,1-3H3. The molecular formula is C11H13N5O3. The second-order valence-electron chi connectivity index (χ2n) is 3.97. The average Bonchev–Trinajstić information content (AvgIpc) is 2.87. The van der Waals surface area contributed by atoms with Crippen LogP contribution in [0.3, 0.4) is 0 Å². The molecular weight excluding hydrogens is 250 g/mol. The molecule has 8 nitrogen and oxygen atoms in total. The Morgan fingerprint density at radius 1 is 1.42 bits per heavy atom. The minimum Gasteiger partial charge on any atom is -0.468 e. The minimum absolute atomic E-state index is 0.121. The third kappa shape index (κ3) is 2.37. The summed E-state index contributed by atoms with van der Waals surface area (Å²) < 4.78 is 5.99. The van der Waals surface area contributed by atoms with E-state index in [1.54, 1.807) is 6.92 Å². The summed E-state index contributed by atoms with van der Waals surface area (Å²) in [5, 5.41) is 3.98. The van der Waals surface area contributed by atoms with Crippen molar-refractivity contribution in [1.82, 2.24) is 24.5 Å². The van der Waals surface area contributed by atoms with Crippen LogP contribution in [0.4, 0.5) is 0 Å². The van der Waals surface area contributed by atoms with Gasteiger partial charge in [-0.25, -0.2) is 9.50 Å². The number of likely N-dealkylation sites (N-methyl/N-ethyl adjacent to an activating group) is 1. The van der Waals surface area contributed by atoms with E-state index in [2.05, 4.69) is 19.8 Å². The number of amides is 1. The largest absolute Gasteiger partial charge is 0.468 e. The van der Waals surface area contributed by atoms with E-state index in [9.17, 15) is 9.59 Å². The van der Waals surface area contributed by atoms with Crippen LogP contribution < -0.4 is 0 Å². The molecule has 8 heteroatoms. The van der Waals surface area contributed by atoms with E-state index >= 15 is 0 Å². The molecule has 0 aliphatic heterocycles. The number of carbonyl (C=O) groups excluding carboxylic acids is 2. The van der Waals surface area contributed by atoms with Gasteiger partial charge in [0.15, 0.2) is 0 Å². The first-order valence-electron chi connectivity index (χ1n) is 5.52. The SMILES string of the molecule is COC(=O)CN(C)C(=O)c1cnc2ncnn2c1C. The van der Waals surface area contributed by atoms with Crippen LogP contribution in [0.5, 0.6) is 0 Å². The number of methoxy groups -OCH3 is 1. The van der Waals surface area contributed by atoms with Crippen LogP contribution in [0.2, 0.25) is 0 Å². The molecule has 2 aromatic heterocycles. The topological polar surface area (TPSA) is 89.7 Å². The van der Waals surface area contributed by atoms with Gasteiger partial charge in [0.05, 0.1) is 18.4 Å². The summed E-state index contributed by atoms with van der Waals surface area (Å²) in [6.45, 7) is 1.62. The van der Waals surface area contributed by atoms with E-state index in [0.29, 0.717) is 17.0 Å². The Labute approximate surface area is 109 Å². The highest BCUT2D eigenvalue weighted by atomic mass is 16.5. The molecule has 0 aromatic carbocycles. The fourth-order valence-electron chi connectivity index (χ4n) is 1.64. The van der Waals surface area contributed by atoms with Crippen LogP contribution in [0, 0.1) is 6.92 Å². The highest BCUT2D eigenvalue weighted by molar-refractivity contribution is 5.96. The molecule has 2 heterocycles. The summed E-state index contributed by atoms with van der Waals surface area (Å²) >= 11 is 0. The predicted molar refractivity (Wildman–Crippen MR) is 64.5 cm³/mol. The van der Waals surface area contributed by atoms with Crippen LogP contribution in [-0.2, 0) is 9.53 Å². The second-order valence-corrected chi connectivity index (χ2v) is 3.97. The van der Waals surface area contributed by atoms with Gasteiger partial charge in [-0.2, -0.15) is 10.1 Å². The van der Waals surface area contributed by atoms with E-state index < -0.39 is 5.97 Å². The summed E-state index contributed by atoms with van der Waals surface area (Å²) in [6.07, 6.45) is 2.79. The number of nitrogens with zero attached hydrogens (tertiary/aromatic N) is 5. The van der Waals surface area contributed by atoms with E-state index in [1.807, 2.05) is 0 Å². The normalized spacial score (nSPS) is 10.5. The van der Waals surface area contributed by atoms with Gasteiger partial charge in [-0.15, -0.1) is 0 Å². The zero-order chi connectivity index (χ0) is 14.0. The first kappa shape index (κ1) is 12.9. The molecule has 0 aliphatic carbocycles. The second kappa shape index (κ2) is 5.01. The van der Waals surface area contributed by atoms with Crippen molar-refractivity contribution in [3.8, 4) is 0 Å². The number of rotatable bonds is 3. The molecule has 0 saturated carbocycles. The van der Waals surface area contributed by atoms with Gasteiger partial charge in [0.25, 0.3) is 11.7 Å². The molecule has 0 unspecified atom stereocenters. The lowest BCUT2D eigenvalue weighted by molar-refractivity contribution is -0.141. The first-order valence-corrected chi connectivity index (χ1v) is 5.52. The summed E-state index contributed by atoms with van der Waals surface area (Å²) in [5.74, 6) is -0.388. The number of hydrogen-bond donors (Lipinski definition) is 0. The molecule has 0 atom stereocenters. The van der Waals surface area contributed by atoms with Crippen LogP contribution in [-0.4, -0.2) is 57.1 Å². The summed E-state index contributed by atoms with van der Waals surface area (Å²) in [7, 11) is 2.79. The van der Waals surface area contributed by atoms with Gasteiger partial charge in [-0.05, 0) is 6.92 Å². The van der Waals surface area contributed by atoms with E-state index in [4.69, 9.17) is 0 Å². The van der Waals surface area contributed by atoms with Gasteiger partial charge in [0.2, 0.25) is 0 Å². The molecule has 2 aromatic rings. The molecule has 0 fully saturated rings. The number of fused-ring (bicyclic) bond motifs is 1. The van der Waals surface area contributed by atoms with Crippen LogP contribution in [0.1, 0.15) is 16.1 Å². The van der Waals surface area contributed by atoms with Crippen LogP contribution in [0.15, 0.2) is 12.5 Å². The zero-order valence-electron chi connectivity index (χ0n) is 10.8. The number of esters is 1. The van der Waals surface area contributed by atoms with Crippen molar-refractivity contribution >= 4 is 17.7 Å². The quantitative estimate of drug-likeness (QED) is 0.705. The molecule has 2 rings (SSSR count). The van der Waals surface area contributed by atoms with Crippen molar-refractivity contribution in [3.05, 3.63) is 23.8 Å². The fourth-order valence-corrected chi connectivity index (χ4v) is 1.64. The number of carbonyl (C=O) groups is 2. The maximum absolute atomic E-state index is 12.2. The van der Waals surface area contributed by atoms with Crippen LogP contribution in [0.25, 0.3) is 5.78 Å². The highest BCUT2D eigenvalue weighted by Gasteiger charge is 2.19. The lowest BCUT2D eigenvalue weighted by atomic mass is 10.2. The van der Waals surface area contributed by atoms with Crippen molar-refractivity contribution in [2.24, 2.45) is 0 Å². The van der Waals surface area contributed by atoms with E-state index in [1.165, 1.54) is 36.1 Å². The van der Waals surface area contributed by atoms with Gasteiger partial charge in [0.1, 0.15) is 12.9 Å². The Morgan fingerprint density at radius 3 is 2.84 bits per heavy atom. The van der Waals surface area contributed by atoms with Gasteiger partial charge in [-0.1, -0.05) is 0 Å². The van der Waals surface area contributed by atoms with Crippen molar-refractivity contribution in [3.63, 3.8) is 0 Å². The summed E-state index contributed by atoms with van der Waals surface area (Å²) in [6, 6.07) is 0. The molecule has 0 saturated heterocycles. The van der Waals surface area contributed by atoms with Crippen molar-refractivity contribution < 1.29 is 14.3 Å². The molecule has 0 aliphatic rings. The number of aryl methyl sites for hydroxylation is 1. The van der Waals surface area contributed by atoms with Crippen molar-refractivity contribution in [1.29, 1.82) is 0 Å². The predicted octanol–water partition coefficient (Wildman–Crippen LogP) is -0.322. The Morgan fingerprint density at radius 2 is 2.16 bits per heavy atom. The first-order chi connectivity index (χ1) is 9.04. The van der Waals surface area contributed by atoms with E-state index in [-0.39, 0.29) is 12.5 Å². The van der Waals surface area contributed by atoms with Crippen LogP contribution >= 0.6 is 0 Å². The average molecular weight is 263 g/mol. The Bertz CT molecular complexity index is 636. The molecule has 0 N–H and O–H groups in total. The fraction of sp³-hybridized carbons (Fsp3) is 0.364. The Hall–Kier alpha value is -2.51. The lowest BCUT2D eigenvalue weighted by Crippen LogP contribution is -2.33. The molecule has 100 valence electrons. The van der Waals surface area contributed by atoms with Gasteiger partial charge >= 0.3 is 5.97 Å². The lowest BCUT2D eigenvalue weighted by Gasteiger charge is -2.16. The third-order valence-corrected chi connectivity index (χ3v) is 2.72. The van der Waals surface area contributed by atoms with E-state index in [0.717, 1.165) is 0 Å². The maximum Gasteiger partial charge on any atom is 0.325 e. The summed E-state index contributed by atoms with van der Waals surface area (Å²) in [5.41, 5.74) is 0.980. The van der Waals surface area contributed by atoms with Gasteiger partial charge < -0.3 is 9.64 Å². The number of aromatic nitrogens is 4. The molecule has 19 heavy (non-hydrogen) atoms. The monoisotopic (exact) mass is 263 g/mol. The van der Waals surface area contributed by atoms with Gasteiger partial charge in [-0.3, -0.25) is 9.59 Å². The van der Waals surface area contributed by atoms with Crippen molar-refractivity contribution in [2.75, 3.05) is 20.7 Å². The van der Waals surface area contributed by atoms with Gasteiger partial charge in [0, 0.05) is 13.2 Å². The zero-order valence-corrected chi connectivity index (χ0v) is 10.8. The Kier molecular flexibility index (Phi) is 3.41. The maximum atomic E-state index is 12.2. The molecule has 0 spiro atoms. The molecule has 1 amide bonds. The minimum atomic E-state index is -0.483. The molecule has 0 radical (unpaired) electrons. The summed E-state index contributed by atoms with van der Waals surface area (Å²) in [4.78, 5) is 32.6. The number of hydrogen-bond acceptors (Lipinski definition) is 6. The van der Waals surface area contributed by atoms with Crippen molar-refractivity contribution in [2.45, 2.75) is 6.92 Å². The number of ether oxygens (including phenoxy) is 1. The highest BCUT2D eigenvalue weighted by Crippen LogP contribution is 2.09.